The molecule has 0 aromatic heterocycles. The zero-order valence-electron chi connectivity index (χ0n) is 11.0. The lowest BCUT2D eigenvalue weighted by Gasteiger charge is -2.22. The minimum absolute atomic E-state index is 0.155. The van der Waals surface area contributed by atoms with Crippen molar-refractivity contribution < 1.29 is 4.39 Å². The van der Waals surface area contributed by atoms with E-state index in [1.54, 1.807) is 6.07 Å². The van der Waals surface area contributed by atoms with Gasteiger partial charge in [-0.1, -0.05) is 23.7 Å². The quantitative estimate of drug-likeness (QED) is 0.670. The van der Waals surface area contributed by atoms with Crippen LogP contribution in [0.3, 0.4) is 0 Å². The molecule has 0 radical (unpaired) electrons. The molecule has 20 heavy (non-hydrogen) atoms. The zero-order chi connectivity index (χ0) is 14.7. The van der Waals surface area contributed by atoms with Crippen molar-refractivity contribution in [1.82, 2.24) is 0 Å². The van der Waals surface area contributed by atoms with E-state index >= 15 is 0 Å². The van der Waals surface area contributed by atoms with Gasteiger partial charge < -0.3 is 10.6 Å². The standard InChI is InChI=1S/C15H15ClFN3/c1-20(9-10-3-2-4-11(16)7-10)14-6-5-12(17)8-13(14)15(18)19/h2-8H,9H2,1H3,(H3,18,19). The summed E-state index contributed by atoms with van der Waals surface area (Å²) in [6.07, 6.45) is 0. The van der Waals surface area contributed by atoms with E-state index in [0.717, 1.165) is 5.56 Å². The summed E-state index contributed by atoms with van der Waals surface area (Å²) >= 11 is 5.95. The van der Waals surface area contributed by atoms with Crippen LogP contribution in [0.1, 0.15) is 11.1 Å². The average Bonchev–Trinajstić information content (AvgIpc) is 2.38. The molecule has 0 atom stereocenters. The van der Waals surface area contributed by atoms with E-state index in [9.17, 15) is 4.39 Å². The molecular weight excluding hydrogens is 277 g/mol. The summed E-state index contributed by atoms with van der Waals surface area (Å²) in [4.78, 5) is 1.90. The molecule has 0 bridgehead atoms. The number of halogens is 2. The molecule has 0 saturated heterocycles. The topological polar surface area (TPSA) is 53.1 Å². The van der Waals surface area contributed by atoms with Gasteiger partial charge in [0.25, 0.3) is 0 Å². The van der Waals surface area contributed by atoms with E-state index in [-0.39, 0.29) is 5.84 Å². The summed E-state index contributed by atoms with van der Waals surface area (Å²) in [5.41, 5.74) is 7.63. The number of amidine groups is 1. The number of nitrogen functional groups attached to an aromatic ring is 1. The zero-order valence-corrected chi connectivity index (χ0v) is 11.8. The first-order chi connectivity index (χ1) is 9.47. The molecule has 0 aliphatic carbocycles. The second kappa shape index (κ2) is 5.92. The molecular formula is C15H15ClFN3. The Bertz CT molecular complexity index is 643. The minimum atomic E-state index is -0.407. The van der Waals surface area contributed by atoms with Crippen LogP contribution in [0.25, 0.3) is 0 Å². The second-order valence-corrected chi connectivity index (χ2v) is 5.00. The second-order valence-electron chi connectivity index (χ2n) is 4.56. The molecule has 2 aromatic rings. The number of rotatable bonds is 4. The first-order valence-electron chi connectivity index (χ1n) is 6.07. The summed E-state index contributed by atoms with van der Waals surface area (Å²) in [6, 6.07) is 11.8. The fraction of sp³-hybridized carbons (Fsp3) is 0.133. The third-order valence-electron chi connectivity index (χ3n) is 2.97. The Morgan fingerprint density at radius 1 is 1.30 bits per heavy atom. The molecule has 2 rings (SSSR count). The SMILES string of the molecule is CN(Cc1cccc(Cl)c1)c1ccc(F)cc1C(=N)N. The third kappa shape index (κ3) is 3.27. The molecule has 2 aromatic carbocycles. The smallest absolute Gasteiger partial charge is 0.125 e. The number of nitrogens with zero attached hydrogens (tertiary/aromatic N) is 1. The van der Waals surface area contributed by atoms with Gasteiger partial charge in [0.1, 0.15) is 11.7 Å². The number of hydrogen-bond acceptors (Lipinski definition) is 2. The van der Waals surface area contributed by atoms with Crippen molar-refractivity contribution in [3.8, 4) is 0 Å². The Kier molecular flexibility index (Phi) is 4.25. The van der Waals surface area contributed by atoms with Crippen molar-refractivity contribution in [1.29, 1.82) is 5.41 Å². The number of hydrogen-bond donors (Lipinski definition) is 2. The van der Waals surface area contributed by atoms with Crippen molar-refractivity contribution in [2.45, 2.75) is 6.54 Å². The maximum Gasteiger partial charge on any atom is 0.125 e. The van der Waals surface area contributed by atoms with Crippen molar-refractivity contribution >= 4 is 23.1 Å². The molecule has 0 fully saturated rings. The summed E-state index contributed by atoms with van der Waals surface area (Å²) in [6.45, 7) is 0.590. The van der Waals surface area contributed by atoms with Crippen LogP contribution in [-0.2, 0) is 6.54 Å². The van der Waals surface area contributed by atoms with Gasteiger partial charge in [-0.15, -0.1) is 0 Å². The van der Waals surface area contributed by atoms with Crippen molar-refractivity contribution in [3.05, 3.63) is 64.4 Å². The van der Waals surface area contributed by atoms with Crippen molar-refractivity contribution in [2.75, 3.05) is 11.9 Å². The lowest BCUT2D eigenvalue weighted by atomic mass is 10.1. The van der Waals surface area contributed by atoms with Crippen molar-refractivity contribution in [3.63, 3.8) is 0 Å². The monoisotopic (exact) mass is 291 g/mol. The highest BCUT2D eigenvalue weighted by atomic mass is 35.5. The Balaban J connectivity index is 2.29. The van der Waals surface area contributed by atoms with Gasteiger partial charge in [0.2, 0.25) is 0 Å². The van der Waals surface area contributed by atoms with Gasteiger partial charge in [-0.05, 0) is 35.9 Å². The summed E-state index contributed by atoms with van der Waals surface area (Å²) in [5.74, 6) is -0.562. The van der Waals surface area contributed by atoms with Crippen LogP contribution < -0.4 is 10.6 Å². The molecule has 0 heterocycles. The first-order valence-corrected chi connectivity index (χ1v) is 6.44. The van der Waals surface area contributed by atoms with Crippen LogP contribution in [0.15, 0.2) is 42.5 Å². The number of nitrogens with one attached hydrogen (secondary N) is 1. The predicted octanol–water partition coefficient (Wildman–Crippen LogP) is 3.40. The molecule has 0 spiro atoms. The van der Waals surface area contributed by atoms with E-state index in [1.165, 1.54) is 12.1 Å². The Morgan fingerprint density at radius 3 is 2.70 bits per heavy atom. The van der Waals surface area contributed by atoms with Crippen molar-refractivity contribution in [2.24, 2.45) is 5.73 Å². The third-order valence-corrected chi connectivity index (χ3v) is 3.20. The highest BCUT2D eigenvalue weighted by Gasteiger charge is 2.11. The van der Waals surface area contributed by atoms with E-state index in [0.29, 0.717) is 22.8 Å². The number of anilines is 1. The van der Waals surface area contributed by atoms with Crippen LogP contribution in [-0.4, -0.2) is 12.9 Å². The molecule has 0 unspecified atom stereocenters. The van der Waals surface area contributed by atoms with Gasteiger partial charge in [-0.25, -0.2) is 4.39 Å². The lowest BCUT2D eigenvalue weighted by molar-refractivity contribution is 0.627. The maximum atomic E-state index is 13.3. The normalized spacial score (nSPS) is 10.3. The molecule has 0 saturated carbocycles. The van der Waals surface area contributed by atoms with Crippen LogP contribution in [0.2, 0.25) is 5.02 Å². The maximum absolute atomic E-state index is 13.3. The van der Waals surface area contributed by atoms with Crippen LogP contribution in [0.5, 0.6) is 0 Å². The van der Waals surface area contributed by atoms with Gasteiger partial charge >= 0.3 is 0 Å². The van der Waals surface area contributed by atoms with Gasteiger partial charge in [-0.3, -0.25) is 5.41 Å². The molecule has 3 N–H and O–H groups in total. The highest BCUT2D eigenvalue weighted by molar-refractivity contribution is 6.30. The molecule has 0 amide bonds. The predicted molar refractivity (Wildman–Crippen MR) is 81.0 cm³/mol. The molecule has 3 nitrogen and oxygen atoms in total. The van der Waals surface area contributed by atoms with Crippen LogP contribution >= 0.6 is 11.6 Å². The molecule has 104 valence electrons. The van der Waals surface area contributed by atoms with E-state index in [1.807, 2.05) is 36.2 Å². The van der Waals surface area contributed by atoms with Crippen LogP contribution in [0.4, 0.5) is 10.1 Å². The van der Waals surface area contributed by atoms with E-state index in [4.69, 9.17) is 22.7 Å². The Labute approximate surface area is 122 Å². The number of nitrogens with two attached hydrogens (primary N) is 1. The number of benzene rings is 2. The fourth-order valence-corrected chi connectivity index (χ4v) is 2.26. The molecule has 0 aliphatic rings. The average molecular weight is 292 g/mol. The lowest BCUT2D eigenvalue weighted by Crippen LogP contribution is -2.22. The van der Waals surface area contributed by atoms with Gasteiger partial charge in [0.15, 0.2) is 0 Å². The largest absolute Gasteiger partial charge is 0.384 e. The minimum Gasteiger partial charge on any atom is -0.384 e. The van der Waals surface area contributed by atoms with Crippen LogP contribution in [0, 0.1) is 11.2 Å². The fourth-order valence-electron chi connectivity index (χ4n) is 2.05. The van der Waals surface area contributed by atoms with Gasteiger partial charge in [-0.2, -0.15) is 0 Å². The first kappa shape index (κ1) is 14.3. The molecule has 0 aliphatic heterocycles. The van der Waals surface area contributed by atoms with Gasteiger partial charge in [0.05, 0.1) is 0 Å². The Hall–Kier alpha value is -2.07. The summed E-state index contributed by atoms with van der Waals surface area (Å²) < 4.78 is 13.3. The Morgan fingerprint density at radius 2 is 2.05 bits per heavy atom. The summed E-state index contributed by atoms with van der Waals surface area (Å²) in [7, 11) is 1.86. The highest BCUT2D eigenvalue weighted by Crippen LogP contribution is 2.22. The van der Waals surface area contributed by atoms with Gasteiger partial charge in [0, 0.05) is 29.9 Å². The van der Waals surface area contributed by atoms with E-state index in [2.05, 4.69) is 0 Å². The van der Waals surface area contributed by atoms with E-state index < -0.39 is 5.82 Å². The molecule has 5 heteroatoms. The summed E-state index contributed by atoms with van der Waals surface area (Å²) in [5, 5.41) is 8.21.